The average molecular weight is 204 g/mol. The normalized spacial score (nSPS) is 10.3. The van der Waals surface area contributed by atoms with Gasteiger partial charge >= 0.3 is 0 Å². The molecular formula is C10H12N4O. The largest absolute Gasteiger partial charge is 0.508 e. The summed E-state index contributed by atoms with van der Waals surface area (Å²) in [6.45, 7) is 3.66. The van der Waals surface area contributed by atoms with E-state index in [1.807, 2.05) is 19.9 Å². The van der Waals surface area contributed by atoms with Crippen molar-refractivity contribution in [1.82, 2.24) is 15.2 Å². The molecule has 0 spiro atoms. The predicted molar refractivity (Wildman–Crippen MR) is 57.2 cm³/mol. The quantitative estimate of drug-likeness (QED) is 0.698. The lowest BCUT2D eigenvalue weighted by atomic mass is 10.2. The Morgan fingerprint density at radius 1 is 1.33 bits per heavy atom. The van der Waals surface area contributed by atoms with Crippen molar-refractivity contribution in [3.8, 4) is 5.75 Å². The molecule has 1 aromatic carbocycles. The summed E-state index contributed by atoms with van der Waals surface area (Å²) in [5, 5.41) is 19.2. The van der Waals surface area contributed by atoms with Crippen molar-refractivity contribution in [2.45, 2.75) is 13.8 Å². The third-order valence-electron chi connectivity index (χ3n) is 2.15. The smallest absolute Gasteiger partial charge is 0.246 e. The Kier molecular flexibility index (Phi) is 2.29. The van der Waals surface area contributed by atoms with Crippen LogP contribution in [0.4, 0.5) is 11.6 Å². The summed E-state index contributed by atoms with van der Waals surface area (Å²) in [5.74, 6) is 1.50. The van der Waals surface area contributed by atoms with Gasteiger partial charge in [-0.05, 0) is 26.0 Å². The second-order valence-electron chi connectivity index (χ2n) is 3.32. The molecule has 2 rings (SSSR count). The fourth-order valence-electron chi connectivity index (χ4n) is 1.28. The van der Waals surface area contributed by atoms with Gasteiger partial charge in [0.1, 0.15) is 11.6 Å². The fraction of sp³-hybridized carbons (Fsp3) is 0.200. The van der Waals surface area contributed by atoms with Gasteiger partial charge in [0.2, 0.25) is 5.95 Å². The summed E-state index contributed by atoms with van der Waals surface area (Å²) in [7, 11) is 0. The van der Waals surface area contributed by atoms with E-state index >= 15 is 0 Å². The second-order valence-corrected chi connectivity index (χ2v) is 3.32. The summed E-state index contributed by atoms with van der Waals surface area (Å²) in [4.78, 5) is 4.12. The zero-order valence-corrected chi connectivity index (χ0v) is 8.57. The summed E-state index contributed by atoms with van der Waals surface area (Å²) < 4.78 is 0. The van der Waals surface area contributed by atoms with Crippen molar-refractivity contribution >= 4 is 11.6 Å². The number of phenolic OH excluding ortho intramolecular Hbond substituents is 1. The van der Waals surface area contributed by atoms with Crippen molar-refractivity contribution in [1.29, 1.82) is 0 Å². The highest BCUT2D eigenvalue weighted by Crippen LogP contribution is 2.25. The van der Waals surface area contributed by atoms with Gasteiger partial charge in [0.25, 0.3) is 0 Å². The number of phenols is 1. The van der Waals surface area contributed by atoms with Gasteiger partial charge in [-0.25, -0.2) is 0 Å². The lowest BCUT2D eigenvalue weighted by Gasteiger charge is -2.06. The zero-order chi connectivity index (χ0) is 10.8. The van der Waals surface area contributed by atoms with Crippen molar-refractivity contribution < 1.29 is 5.11 Å². The highest BCUT2D eigenvalue weighted by atomic mass is 16.3. The fourth-order valence-corrected chi connectivity index (χ4v) is 1.28. The number of hydrogen-bond donors (Lipinski definition) is 3. The molecule has 0 aliphatic carbocycles. The molecule has 0 atom stereocenters. The average Bonchev–Trinajstić information content (AvgIpc) is 2.59. The van der Waals surface area contributed by atoms with Crippen LogP contribution in [0.1, 0.15) is 11.4 Å². The van der Waals surface area contributed by atoms with E-state index < -0.39 is 0 Å². The Bertz CT molecular complexity index is 478. The molecule has 1 heterocycles. The SMILES string of the molecule is Cc1nc(Nc2cccc(O)c2C)n[nH]1. The van der Waals surface area contributed by atoms with E-state index in [1.165, 1.54) is 0 Å². The van der Waals surface area contributed by atoms with Crippen LogP contribution in [0.15, 0.2) is 18.2 Å². The third-order valence-corrected chi connectivity index (χ3v) is 2.15. The number of aromatic amines is 1. The van der Waals surface area contributed by atoms with Crippen LogP contribution in [0, 0.1) is 13.8 Å². The Morgan fingerprint density at radius 2 is 2.13 bits per heavy atom. The lowest BCUT2D eigenvalue weighted by Crippen LogP contribution is -1.94. The summed E-state index contributed by atoms with van der Waals surface area (Å²) >= 11 is 0. The van der Waals surface area contributed by atoms with Crippen LogP contribution in [0.25, 0.3) is 0 Å². The number of nitrogens with zero attached hydrogens (tertiary/aromatic N) is 2. The Labute approximate surface area is 87.2 Å². The van der Waals surface area contributed by atoms with Gasteiger partial charge in [0.05, 0.1) is 0 Å². The molecule has 0 fully saturated rings. The van der Waals surface area contributed by atoms with Crippen LogP contribution in [-0.2, 0) is 0 Å². The maximum Gasteiger partial charge on any atom is 0.246 e. The minimum absolute atomic E-state index is 0.257. The molecule has 0 bridgehead atoms. The Morgan fingerprint density at radius 3 is 2.80 bits per heavy atom. The molecule has 3 N–H and O–H groups in total. The number of benzene rings is 1. The Balaban J connectivity index is 2.28. The molecule has 0 aliphatic rings. The molecule has 0 saturated carbocycles. The first kappa shape index (κ1) is 9.51. The van der Waals surface area contributed by atoms with Crippen molar-refractivity contribution in [3.05, 3.63) is 29.6 Å². The lowest BCUT2D eigenvalue weighted by molar-refractivity contribution is 0.471. The van der Waals surface area contributed by atoms with Crippen LogP contribution in [-0.4, -0.2) is 20.3 Å². The maximum absolute atomic E-state index is 9.49. The molecular weight excluding hydrogens is 192 g/mol. The van der Waals surface area contributed by atoms with E-state index in [0.717, 1.165) is 17.1 Å². The summed E-state index contributed by atoms with van der Waals surface area (Å²) in [5.41, 5.74) is 1.58. The van der Waals surface area contributed by atoms with Crippen molar-refractivity contribution in [2.24, 2.45) is 0 Å². The minimum Gasteiger partial charge on any atom is -0.508 e. The van der Waals surface area contributed by atoms with E-state index in [1.54, 1.807) is 12.1 Å². The molecule has 0 aliphatic heterocycles. The summed E-state index contributed by atoms with van der Waals surface area (Å²) in [6.07, 6.45) is 0. The second kappa shape index (κ2) is 3.61. The van der Waals surface area contributed by atoms with Crippen molar-refractivity contribution in [2.75, 3.05) is 5.32 Å². The van der Waals surface area contributed by atoms with Crippen LogP contribution in [0.5, 0.6) is 5.75 Å². The van der Waals surface area contributed by atoms with Crippen LogP contribution in [0.3, 0.4) is 0 Å². The molecule has 0 unspecified atom stereocenters. The monoisotopic (exact) mass is 204 g/mol. The minimum atomic E-state index is 0.257. The van der Waals surface area contributed by atoms with Gasteiger partial charge in [-0.1, -0.05) is 6.07 Å². The van der Waals surface area contributed by atoms with E-state index in [4.69, 9.17) is 0 Å². The number of nitrogens with one attached hydrogen (secondary N) is 2. The molecule has 0 radical (unpaired) electrons. The summed E-state index contributed by atoms with van der Waals surface area (Å²) in [6, 6.07) is 5.27. The van der Waals surface area contributed by atoms with Gasteiger partial charge in [-0.15, -0.1) is 5.10 Å². The van der Waals surface area contributed by atoms with Gasteiger partial charge in [0, 0.05) is 11.3 Å². The number of aromatic nitrogens is 3. The highest BCUT2D eigenvalue weighted by molar-refractivity contribution is 5.61. The van der Waals surface area contributed by atoms with Gasteiger partial charge in [-0.2, -0.15) is 4.98 Å². The first-order valence-corrected chi connectivity index (χ1v) is 4.61. The first-order chi connectivity index (χ1) is 7.16. The van der Waals surface area contributed by atoms with Crippen LogP contribution in [0.2, 0.25) is 0 Å². The molecule has 1 aromatic heterocycles. The van der Waals surface area contributed by atoms with Crippen LogP contribution >= 0.6 is 0 Å². The number of aryl methyl sites for hydroxylation is 1. The highest BCUT2D eigenvalue weighted by Gasteiger charge is 2.05. The predicted octanol–water partition coefficient (Wildman–Crippen LogP) is 1.87. The molecule has 2 aromatic rings. The number of rotatable bonds is 2. The molecule has 78 valence electrons. The topological polar surface area (TPSA) is 73.8 Å². The first-order valence-electron chi connectivity index (χ1n) is 4.61. The number of H-pyrrole nitrogens is 1. The van der Waals surface area contributed by atoms with Crippen LogP contribution < -0.4 is 5.32 Å². The van der Waals surface area contributed by atoms with Gasteiger partial charge in [0.15, 0.2) is 0 Å². The number of hydrogen-bond acceptors (Lipinski definition) is 4. The maximum atomic E-state index is 9.49. The third kappa shape index (κ3) is 1.90. The standard InChI is InChI=1S/C10H12N4O/c1-6-8(4-3-5-9(6)15)12-10-11-7(2)13-14-10/h3-5,15H,1-2H3,(H2,11,12,13,14). The van der Waals surface area contributed by atoms with E-state index in [0.29, 0.717) is 5.95 Å². The van der Waals surface area contributed by atoms with E-state index in [-0.39, 0.29) is 5.75 Å². The van der Waals surface area contributed by atoms with E-state index in [2.05, 4.69) is 20.5 Å². The Hall–Kier alpha value is -2.04. The van der Waals surface area contributed by atoms with Gasteiger partial charge < -0.3 is 10.4 Å². The molecule has 5 heteroatoms. The van der Waals surface area contributed by atoms with E-state index in [9.17, 15) is 5.11 Å². The molecule has 0 amide bonds. The number of anilines is 2. The zero-order valence-electron chi connectivity index (χ0n) is 8.57. The molecule has 0 saturated heterocycles. The molecule has 5 nitrogen and oxygen atoms in total. The molecule has 15 heavy (non-hydrogen) atoms. The van der Waals surface area contributed by atoms with Crippen molar-refractivity contribution in [3.63, 3.8) is 0 Å². The van der Waals surface area contributed by atoms with Gasteiger partial charge in [-0.3, -0.25) is 5.10 Å². The number of aromatic hydroxyl groups is 1.